The maximum absolute atomic E-state index is 5.83. The van der Waals surface area contributed by atoms with E-state index in [9.17, 15) is 0 Å². The summed E-state index contributed by atoms with van der Waals surface area (Å²) in [5.74, 6) is 0.905. The van der Waals surface area contributed by atoms with E-state index in [0.717, 1.165) is 24.3 Å². The number of rotatable bonds is 7. The molecule has 0 amide bonds. The molecule has 1 heterocycles. The number of hydrogen-bond donors (Lipinski definition) is 0. The lowest BCUT2D eigenvalue weighted by molar-refractivity contribution is 0.307. The molecule has 0 saturated heterocycles. The highest BCUT2D eigenvalue weighted by molar-refractivity contribution is 7.08. The smallest absolute Gasteiger partial charge is 0.146 e. The molecule has 1 aromatic carbocycles. The SMILES string of the molecule is CCCCCCOc1[c]scc1-c1ccccc1. The molecule has 2 aromatic rings. The summed E-state index contributed by atoms with van der Waals surface area (Å²) >= 11 is 1.58. The molecule has 95 valence electrons. The van der Waals surface area contributed by atoms with Gasteiger partial charge in [0.05, 0.1) is 12.0 Å². The molecule has 2 heteroatoms. The second-order valence-corrected chi connectivity index (χ2v) is 5.03. The van der Waals surface area contributed by atoms with E-state index in [1.807, 2.05) is 6.07 Å². The lowest BCUT2D eigenvalue weighted by Crippen LogP contribution is -1.97. The zero-order valence-corrected chi connectivity index (χ0v) is 11.6. The summed E-state index contributed by atoms with van der Waals surface area (Å²) in [6, 6.07) is 10.4. The molecule has 1 aromatic heterocycles. The molecule has 18 heavy (non-hydrogen) atoms. The van der Waals surface area contributed by atoms with Gasteiger partial charge in [0.25, 0.3) is 0 Å². The summed E-state index contributed by atoms with van der Waals surface area (Å²) < 4.78 is 5.83. The minimum atomic E-state index is 0.799. The Morgan fingerprint density at radius 3 is 2.72 bits per heavy atom. The molecule has 0 atom stereocenters. The van der Waals surface area contributed by atoms with Crippen molar-refractivity contribution in [2.24, 2.45) is 0 Å². The fraction of sp³-hybridized carbons (Fsp3) is 0.375. The number of hydrogen-bond acceptors (Lipinski definition) is 2. The summed E-state index contributed by atoms with van der Waals surface area (Å²) in [5, 5.41) is 5.32. The van der Waals surface area contributed by atoms with Gasteiger partial charge >= 0.3 is 0 Å². The van der Waals surface area contributed by atoms with E-state index >= 15 is 0 Å². The number of thiophene rings is 1. The van der Waals surface area contributed by atoms with Crippen LogP contribution in [-0.2, 0) is 0 Å². The molecule has 0 bridgehead atoms. The molecule has 0 aliphatic heterocycles. The van der Waals surface area contributed by atoms with Crippen LogP contribution < -0.4 is 4.74 Å². The van der Waals surface area contributed by atoms with E-state index in [-0.39, 0.29) is 0 Å². The lowest BCUT2D eigenvalue weighted by Gasteiger charge is -2.07. The molecule has 0 aliphatic rings. The third-order valence-corrected chi connectivity index (χ3v) is 3.56. The van der Waals surface area contributed by atoms with Crippen molar-refractivity contribution in [3.63, 3.8) is 0 Å². The molecule has 2 rings (SSSR count). The Labute approximate surface area is 113 Å². The van der Waals surface area contributed by atoms with Gasteiger partial charge in [-0.2, -0.15) is 0 Å². The van der Waals surface area contributed by atoms with Crippen molar-refractivity contribution in [3.05, 3.63) is 41.1 Å². The minimum absolute atomic E-state index is 0.799. The molecule has 0 spiro atoms. The summed E-state index contributed by atoms with van der Waals surface area (Å²) in [7, 11) is 0. The first-order valence-corrected chi connectivity index (χ1v) is 7.47. The van der Waals surface area contributed by atoms with Gasteiger partial charge in [-0.25, -0.2) is 0 Å². The fourth-order valence-electron chi connectivity index (χ4n) is 1.88. The van der Waals surface area contributed by atoms with Crippen LogP contribution in [0.2, 0.25) is 0 Å². The van der Waals surface area contributed by atoms with E-state index in [1.165, 1.54) is 24.8 Å². The van der Waals surface area contributed by atoms with Crippen LogP contribution in [0.25, 0.3) is 11.1 Å². The van der Waals surface area contributed by atoms with Gasteiger partial charge in [-0.05, 0) is 12.0 Å². The Hall–Kier alpha value is -1.28. The summed E-state index contributed by atoms with van der Waals surface area (Å²) in [6.45, 7) is 3.02. The van der Waals surface area contributed by atoms with Crippen LogP contribution in [0.15, 0.2) is 35.7 Å². The van der Waals surface area contributed by atoms with Crippen molar-refractivity contribution in [2.75, 3.05) is 6.61 Å². The molecule has 0 unspecified atom stereocenters. The van der Waals surface area contributed by atoms with Gasteiger partial charge in [-0.1, -0.05) is 56.5 Å². The lowest BCUT2D eigenvalue weighted by atomic mass is 10.1. The predicted octanol–water partition coefficient (Wildman–Crippen LogP) is 5.17. The van der Waals surface area contributed by atoms with E-state index in [4.69, 9.17) is 4.74 Å². The quantitative estimate of drug-likeness (QED) is 0.623. The molecule has 0 fully saturated rings. The van der Waals surface area contributed by atoms with Gasteiger partial charge in [0.1, 0.15) is 5.75 Å². The van der Waals surface area contributed by atoms with Crippen LogP contribution in [0.1, 0.15) is 32.6 Å². The third-order valence-electron chi connectivity index (χ3n) is 2.90. The Kier molecular flexibility index (Phi) is 5.28. The van der Waals surface area contributed by atoms with E-state index in [0.29, 0.717) is 0 Å². The summed E-state index contributed by atoms with van der Waals surface area (Å²) in [4.78, 5) is 0. The Morgan fingerprint density at radius 1 is 1.11 bits per heavy atom. The molecule has 0 N–H and O–H groups in total. The van der Waals surface area contributed by atoms with E-state index < -0.39 is 0 Å². The molecule has 1 radical (unpaired) electrons. The molecule has 0 saturated carbocycles. The monoisotopic (exact) mass is 259 g/mol. The highest BCUT2D eigenvalue weighted by Crippen LogP contribution is 2.33. The second-order valence-electron chi connectivity index (χ2n) is 4.36. The Balaban J connectivity index is 1.92. The molecule has 0 aliphatic carbocycles. The summed E-state index contributed by atoms with van der Waals surface area (Å²) in [5.41, 5.74) is 2.37. The molecular formula is C16H19OS. The number of unbranched alkanes of at least 4 members (excludes halogenated alkanes) is 3. The van der Waals surface area contributed by atoms with Crippen LogP contribution in [-0.4, -0.2) is 6.61 Å². The van der Waals surface area contributed by atoms with Crippen LogP contribution in [0, 0.1) is 5.38 Å². The van der Waals surface area contributed by atoms with Crippen LogP contribution in [0.3, 0.4) is 0 Å². The largest absolute Gasteiger partial charge is 0.491 e. The molecular weight excluding hydrogens is 240 g/mol. The van der Waals surface area contributed by atoms with Crippen molar-refractivity contribution < 1.29 is 4.74 Å². The van der Waals surface area contributed by atoms with Gasteiger partial charge < -0.3 is 4.74 Å². The standard InChI is InChI=1S/C16H19OS/c1-2-3-4-8-11-17-16-13-18-12-15(16)14-9-6-5-7-10-14/h5-7,9-10,12H,2-4,8,11H2,1H3. The number of benzene rings is 1. The maximum Gasteiger partial charge on any atom is 0.146 e. The average Bonchev–Trinajstić information content (AvgIpc) is 2.88. The second kappa shape index (κ2) is 7.22. The topological polar surface area (TPSA) is 9.23 Å². The van der Waals surface area contributed by atoms with Crippen LogP contribution in [0.5, 0.6) is 5.75 Å². The van der Waals surface area contributed by atoms with Crippen LogP contribution >= 0.6 is 11.3 Å². The first-order chi connectivity index (χ1) is 8.92. The first kappa shape index (κ1) is 13.2. The predicted molar refractivity (Wildman–Crippen MR) is 78.2 cm³/mol. The van der Waals surface area contributed by atoms with Gasteiger partial charge in [0, 0.05) is 10.9 Å². The third kappa shape index (κ3) is 3.61. The highest BCUT2D eigenvalue weighted by Gasteiger charge is 2.07. The normalized spacial score (nSPS) is 10.5. The minimum Gasteiger partial charge on any atom is -0.491 e. The van der Waals surface area contributed by atoms with Crippen LogP contribution in [0.4, 0.5) is 0 Å². The summed E-state index contributed by atoms with van der Waals surface area (Å²) in [6.07, 6.45) is 4.94. The Morgan fingerprint density at radius 2 is 1.94 bits per heavy atom. The van der Waals surface area contributed by atoms with Crippen molar-refractivity contribution >= 4 is 11.3 Å². The van der Waals surface area contributed by atoms with E-state index in [2.05, 4.69) is 41.9 Å². The zero-order chi connectivity index (χ0) is 12.6. The van der Waals surface area contributed by atoms with Gasteiger partial charge in [0.2, 0.25) is 0 Å². The average molecular weight is 259 g/mol. The zero-order valence-electron chi connectivity index (χ0n) is 10.8. The van der Waals surface area contributed by atoms with Crippen molar-refractivity contribution in [1.82, 2.24) is 0 Å². The van der Waals surface area contributed by atoms with E-state index in [1.54, 1.807) is 11.3 Å². The van der Waals surface area contributed by atoms with Crippen molar-refractivity contribution in [1.29, 1.82) is 0 Å². The maximum atomic E-state index is 5.83. The van der Waals surface area contributed by atoms with Crippen molar-refractivity contribution in [2.45, 2.75) is 32.6 Å². The Bertz CT molecular complexity index is 447. The molecule has 1 nitrogen and oxygen atoms in total. The van der Waals surface area contributed by atoms with Gasteiger partial charge in [-0.3, -0.25) is 0 Å². The number of ether oxygens (including phenoxy) is 1. The highest BCUT2D eigenvalue weighted by atomic mass is 32.1. The van der Waals surface area contributed by atoms with Gasteiger partial charge in [-0.15, -0.1) is 11.3 Å². The van der Waals surface area contributed by atoms with Crippen molar-refractivity contribution in [3.8, 4) is 16.9 Å². The fourth-order valence-corrected chi connectivity index (χ4v) is 2.57. The van der Waals surface area contributed by atoms with Gasteiger partial charge in [0.15, 0.2) is 0 Å². The first-order valence-electron chi connectivity index (χ1n) is 6.59.